The average molecular weight is 493 g/mol. The number of carbonyl (C=O) groups excluding carboxylic acids is 1. The molecule has 0 unspecified atom stereocenters. The second kappa shape index (κ2) is 9.80. The molecule has 0 spiro atoms. The summed E-state index contributed by atoms with van der Waals surface area (Å²) in [6.07, 6.45) is -4.39. The zero-order valence-electron chi connectivity index (χ0n) is 18.6. The van der Waals surface area contributed by atoms with Gasteiger partial charge in [-0.1, -0.05) is 6.07 Å². The maximum absolute atomic E-state index is 13.0. The van der Waals surface area contributed by atoms with Gasteiger partial charge < -0.3 is 24.6 Å². The fourth-order valence-corrected chi connectivity index (χ4v) is 4.35. The first-order chi connectivity index (χ1) is 16.3. The molecule has 2 aromatic carbocycles. The van der Waals surface area contributed by atoms with Crippen molar-refractivity contribution >= 4 is 33.8 Å². The summed E-state index contributed by atoms with van der Waals surface area (Å²) >= 11 is 1.29. The van der Waals surface area contributed by atoms with Crippen molar-refractivity contribution in [3.63, 3.8) is 0 Å². The number of amides is 1. The number of carbonyl (C=O) groups is 1. The van der Waals surface area contributed by atoms with E-state index in [4.69, 9.17) is 9.47 Å². The summed E-state index contributed by atoms with van der Waals surface area (Å²) < 4.78 is 49.6. The van der Waals surface area contributed by atoms with Gasteiger partial charge in [-0.15, -0.1) is 11.3 Å². The topological polar surface area (TPSA) is 66.9 Å². The van der Waals surface area contributed by atoms with Gasteiger partial charge >= 0.3 is 6.18 Å². The minimum atomic E-state index is -4.39. The number of aromatic nitrogens is 1. The molecule has 0 atom stereocenters. The van der Waals surface area contributed by atoms with Crippen molar-refractivity contribution in [1.29, 1.82) is 0 Å². The van der Waals surface area contributed by atoms with E-state index in [9.17, 15) is 18.0 Å². The molecule has 1 aromatic heterocycles. The lowest BCUT2D eigenvalue weighted by Crippen LogP contribution is -2.48. The largest absolute Gasteiger partial charge is 0.497 e. The molecule has 0 aliphatic carbocycles. The molecule has 1 aliphatic rings. The molecule has 0 bridgehead atoms. The summed E-state index contributed by atoms with van der Waals surface area (Å²) in [6, 6.07) is 10.6. The Morgan fingerprint density at radius 1 is 1.06 bits per heavy atom. The first kappa shape index (κ1) is 23.7. The van der Waals surface area contributed by atoms with Gasteiger partial charge in [0.1, 0.15) is 17.2 Å². The monoisotopic (exact) mass is 492 g/mol. The molecule has 1 aliphatic heterocycles. The van der Waals surface area contributed by atoms with Crippen molar-refractivity contribution in [2.24, 2.45) is 0 Å². The van der Waals surface area contributed by atoms with E-state index in [1.807, 2.05) is 4.90 Å². The SMILES string of the molecule is COc1ccc(Nc2nc(C(=O)N3CCN(c4cccc(C(F)(F)F)c4)CC3)cs2)c(OC)c1. The number of alkyl halides is 3. The summed E-state index contributed by atoms with van der Waals surface area (Å²) in [5.41, 5.74) is 0.814. The smallest absolute Gasteiger partial charge is 0.416 e. The molecule has 0 saturated carbocycles. The van der Waals surface area contributed by atoms with Gasteiger partial charge in [-0.05, 0) is 30.3 Å². The second-order valence-electron chi connectivity index (χ2n) is 7.56. The lowest BCUT2D eigenvalue weighted by atomic mass is 10.1. The summed E-state index contributed by atoms with van der Waals surface area (Å²) in [6.45, 7) is 1.65. The van der Waals surface area contributed by atoms with Gasteiger partial charge in [-0.2, -0.15) is 13.2 Å². The number of ether oxygens (including phenoxy) is 2. The van der Waals surface area contributed by atoms with E-state index >= 15 is 0 Å². The average Bonchev–Trinajstić information content (AvgIpc) is 3.32. The van der Waals surface area contributed by atoms with Gasteiger partial charge in [-0.25, -0.2) is 4.98 Å². The minimum Gasteiger partial charge on any atom is -0.497 e. The Balaban J connectivity index is 1.38. The second-order valence-corrected chi connectivity index (χ2v) is 8.41. The molecule has 7 nitrogen and oxygen atoms in total. The van der Waals surface area contributed by atoms with Crippen LogP contribution in [0, 0.1) is 0 Å². The number of hydrogen-bond acceptors (Lipinski definition) is 7. The lowest BCUT2D eigenvalue weighted by Gasteiger charge is -2.36. The fraction of sp³-hybridized carbons (Fsp3) is 0.304. The van der Waals surface area contributed by atoms with E-state index in [0.29, 0.717) is 59.9 Å². The predicted molar refractivity (Wildman–Crippen MR) is 125 cm³/mol. The first-order valence-corrected chi connectivity index (χ1v) is 11.3. The fourth-order valence-electron chi connectivity index (χ4n) is 3.66. The van der Waals surface area contributed by atoms with Gasteiger partial charge in [-0.3, -0.25) is 4.79 Å². The van der Waals surface area contributed by atoms with Crippen LogP contribution in [0.5, 0.6) is 11.5 Å². The standard InChI is InChI=1S/C23H23F3N4O3S/c1-32-17-6-7-18(20(13-17)33-2)27-22-28-19(14-34-22)21(31)30-10-8-29(9-11-30)16-5-3-4-15(12-16)23(24,25)26/h3-7,12-14H,8-11H2,1-2H3,(H,27,28). The third-order valence-electron chi connectivity index (χ3n) is 5.48. The Morgan fingerprint density at radius 2 is 1.82 bits per heavy atom. The van der Waals surface area contributed by atoms with Crippen LogP contribution in [0.4, 0.5) is 29.7 Å². The van der Waals surface area contributed by atoms with Gasteiger partial charge in [0.25, 0.3) is 5.91 Å². The van der Waals surface area contributed by atoms with E-state index in [1.54, 1.807) is 48.8 Å². The summed E-state index contributed by atoms with van der Waals surface area (Å²) in [5.74, 6) is 1.02. The highest BCUT2D eigenvalue weighted by molar-refractivity contribution is 7.14. The highest BCUT2D eigenvalue weighted by Gasteiger charge is 2.31. The van der Waals surface area contributed by atoms with Gasteiger partial charge in [0.15, 0.2) is 5.13 Å². The number of halogens is 3. The van der Waals surface area contributed by atoms with Crippen LogP contribution in [0.15, 0.2) is 47.8 Å². The van der Waals surface area contributed by atoms with Crippen molar-refractivity contribution in [3.05, 3.63) is 59.1 Å². The lowest BCUT2D eigenvalue weighted by molar-refractivity contribution is -0.137. The van der Waals surface area contributed by atoms with Crippen molar-refractivity contribution < 1.29 is 27.4 Å². The third kappa shape index (κ3) is 5.19. The third-order valence-corrected chi connectivity index (χ3v) is 6.24. The van der Waals surface area contributed by atoms with Crippen LogP contribution in [0.3, 0.4) is 0 Å². The van der Waals surface area contributed by atoms with E-state index in [2.05, 4.69) is 10.3 Å². The molecule has 1 N–H and O–H groups in total. The highest BCUT2D eigenvalue weighted by Crippen LogP contribution is 2.33. The molecule has 4 rings (SSSR count). The van der Waals surface area contributed by atoms with Crippen LogP contribution in [-0.2, 0) is 6.18 Å². The maximum Gasteiger partial charge on any atom is 0.416 e. The Hall–Kier alpha value is -3.47. The zero-order chi connectivity index (χ0) is 24.3. The van der Waals surface area contributed by atoms with Crippen LogP contribution >= 0.6 is 11.3 Å². The highest BCUT2D eigenvalue weighted by atomic mass is 32.1. The Morgan fingerprint density at radius 3 is 2.50 bits per heavy atom. The minimum absolute atomic E-state index is 0.213. The first-order valence-electron chi connectivity index (χ1n) is 10.4. The molecule has 34 heavy (non-hydrogen) atoms. The zero-order valence-corrected chi connectivity index (χ0v) is 19.4. The van der Waals surface area contributed by atoms with Gasteiger partial charge in [0.05, 0.1) is 25.5 Å². The van der Waals surface area contributed by atoms with Crippen molar-refractivity contribution in [3.8, 4) is 11.5 Å². The molecule has 1 fully saturated rings. The molecular formula is C23H23F3N4O3S. The number of benzene rings is 2. The Kier molecular flexibility index (Phi) is 6.82. The van der Waals surface area contributed by atoms with E-state index in [1.165, 1.54) is 17.4 Å². The van der Waals surface area contributed by atoms with Crippen LogP contribution in [0.1, 0.15) is 16.1 Å². The van der Waals surface area contributed by atoms with Gasteiger partial charge in [0.2, 0.25) is 0 Å². The van der Waals surface area contributed by atoms with E-state index in [-0.39, 0.29) is 5.91 Å². The molecule has 3 aromatic rings. The number of rotatable bonds is 6. The molecule has 1 saturated heterocycles. The quantitative estimate of drug-likeness (QED) is 0.529. The van der Waals surface area contributed by atoms with Crippen molar-refractivity contribution in [2.75, 3.05) is 50.6 Å². The number of thiazole rings is 1. The molecule has 2 heterocycles. The van der Waals surface area contributed by atoms with Crippen molar-refractivity contribution in [2.45, 2.75) is 6.18 Å². The van der Waals surface area contributed by atoms with Crippen LogP contribution in [0.2, 0.25) is 0 Å². The molecule has 11 heteroatoms. The van der Waals surface area contributed by atoms with E-state index in [0.717, 1.165) is 12.1 Å². The number of piperazine rings is 1. The Bertz CT molecular complexity index is 1160. The van der Waals surface area contributed by atoms with Gasteiger partial charge in [0, 0.05) is 43.3 Å². The Labute approximate surface area is 198 Å². The molecule has 1 amide bonds. The predicted octanol–water partition coefficient (Wildman–Crippen LogP) is 4.89. The van der Waals surface area contributed by atoms with Crippen LogP contribution in [0.25, 0.3) is 0 Å². The van der Waals surface area contributed by atoms with Crippen molar-refractivity contribution in [1.82, 2.24) is 9.88 Å². The molecular weight excluding hydrogens is 469 g/mol. The maximum atomic E-state index is 13.0. The summed E-state index contributed by atoms with van der Waals surface area (Å²) in [4.78, 5) is 20.9. The number of hydrogen-bond donors (Lipinski definition) is 1. The van der Waals surface area contributed by atoms with E-state index < -0.39 is 11.7 Å². The number of methoxy groups -OCH3 is 2. The summed E-state index contributed by atoms with van der Waals surface area (Å²) in [5, 5.41) is 5.37. The van der Waals surface area contributed by atoms with Crippen LogP contribution in [-0.4, -0.2) is 56.2 Å². The number of nitrogens with zero attached hydrogens (tertiary/aromatic N) is 3. The molecule has 180 valence electrons. The van der Waals surface area contributed by atoms with Crippen LogP contribution < -0.4 is 19.7 Å². The number of anilines is 3. The normalized spacial score (nSPS) is 14.1. The summed E-state index contributed by atoms with van der Waals surface area (Å²) in [7, 11) is 3.12. The molecule has 0 radical (unpaired) electrons. The number of nitrogens with one attached hydrogen (secondary N) is 1.